The SMILES string of the molecule is O=C(O)/C=C/c1ccc(CC2SCCN2S(=O)(=O)c2ccc(Cl)cc2)cc1. The minimum Gasteiger partial charge on any atom is -0.478 e. The van der Waals surface area contributed by atoms with Crippen LogP contribution in [0.25, 0.3) is 6.08 Å². The van der Waals surface area contributed by atoms with Gasteiger partial charge in [-0.25, -0.2) is 13.2 Å². The third-order valence-corrected chi connectivity index (χ3v) is 7.70. The molecule has 0 aromatic heterocycles. The van der Waals surface area contributed by atoms with Gasteiger partial charge in [-0.3, -0.25) is 0 Å². The third-order valence-electron chi connectivity index (χ3n) is 4.17. The van der Waals surface area contributed by atoms with Crippen LogP contribution in [0.1, 0.15) is 11.1 Å². The molecule has 1 saturated heterocycles. The van der Waals surface area contributed by atoms with Crippen LogP contribution >= 0.6 is 23.4 Å². The second-order valence-electron chi connectivity index (χ2n) is 6.01. The van der Waals surface area contributed by atoms with Gasteiger partial charge in [-0.05, 0) is 47.9 Å². The number of hydrogen-bond donors (Lipinski definition) is 1. The summed E-state index contributed by atoms with van der Waals surface area (Å²) in [6.07, 6.45) is 3.19. The Hall–Kier alpha value is -1.80. The van der Waals surface area contributed by atoms with Crippen LogP contribution in [0.2, 0.25) is 5.02 Å². The average molecular weight is 424 g/mol. The molecule has 3 rings (SSSR count). The molecule has 0 saturated carbocycles. The number of aliphatic carboxylic acids is 1. The molecule has 2 aromatic carbocycles. The number of hydrogen-bond acceptors (Lipinski definition) is 4. The zero-order valence-electron chi connectivity index (χ0n) is 14.3. The standard InChI is InChI=1S/C19H18ClNO4S2/c20-16-6-8-17(9-7-16)27(24,25)21-11-12-26-18(21)13-15-3-1-14(2-4-15)5-10-19(22)23/h1-10,18H,11-13H2,(H,22,23)/b10-5+. The number of rotatable bonds is 6. The predicted octanol–water partition coefficient (Wildman–Crippen LogP) is 3.74. The van der Waals surface area contributed by atoms with Gasteiger partial charge < -0.3 is 5.11 Å². The first-order valence-corrected chi connectivity index (χ1v) is 11.1. The van der Waals surface area contributed by atoms with E-state index in [0.717, 1.165) is 23.0 Å². The number of thioether (sulfide) groups is 1. The molecule has 0 bridgehead atoms. The van der Waals surface area contributed by atoms with Gasteiger partial charge >= 0.3 is 5.97 Å². The number of carbonyl (C=O) groups is 1. The van der Waals surface area contributed by atoms with E-state index in [4.69, 9.17) is 16.7 Å². The molecule has 1 fully saturated rings. The molecule has 1 atom stereocenters. The molecule has 1 N–H and O–H groups in total. The van der Waals surface area contributed by atoms with Crippen LogP contribution in [0.15, 0.2) is 59.5 Å². The summed E-state index contributed by atoms with van der Waals surface area (Å²) >= 11 is 7.48. The first-order chi connectivity index (χ1) is 12.9. The monoisotopic (exact) mass is 423 g/mol. The minimum atomic E-state index is -3.57. The summed E-state index contributed by atoms with van der Waals surface area (Å²) in [5.41, 5.74) is 1.78. The lowest BCUT2D eigenvalue weighted by Crippen LogP contribution is -2.36. The first-order valence-electron chi connectivity index (χ1n) is 8.25. The number of carboxylic acids is 1. The molecule has 1 aliphatic heterocycles. The van der Waals surface area contributed by atoms with E-state index in [1.807, 2.05) is 24.3 Å². The van der Waals surface area contributed by atoms with Gasteiger partial charge in [-0.2, -0.15) is 4.31 Å². The van der Waals surface area contributed by atoms with E-state index < -0.39 is 16.0 Å². The number of nitrogens with zero attached hydrogens (tertiary/aromatic N) is 1. The Balaban J connectivity index is 1.75. The van der Waals surface area contributed by atoms with Crippen LogP contribution in [0, 0.1) is 0 Å². The van der Waals surface area contributed by atoms with Gasteiger partial charge in [0.15, 0.2) is 0 Å². The summed E-state index contributed by atoms with van der Waals surface area (Å²) in [6.45, 7) is 0.472. The van der Waals surface area contributed by atoms with Crippen molar-refractivity contribution in [2.24, 2.45) is 0 Å². The van der Waals surface area contributed by atoms with Crippen molar-refractivity contribution in [1.29, 1.82) is 0 Å². The summed E-state index contributed by atoms with van der Waals surface area (Å²) in [5.74, 6) is -0.249. The number of carboxylic acid groups (broad SMARTS) is 1. The number of halogens is 1. The van der Waals surface area contributed by atoms with E-state index in [9.17, 15) is 13.2 Å². The fourth-order valence-electron chi connectivity index (χ4n) is 2.82. The zero-order chi connectivity index (χ0) is 19.4. The summed E-state index contributed by atoms with van der Waals surface area (Å²) in [4.78, 5) is 10.8. The third kappa shape index (κ3) is 4.93. The molecule has 2 aromatic rings. The Morgan fingerprint density at radius 1 is 1.19 bits per heavy atom. The Kier molecular flexibility index (Phi) is 6.26. The molecule has 5 nitrogen and oxygen atoms in total. The van der Waals surface area contributed by atoms with Gasteiger partial charge in [-0.15, -0.1) is 11.8 Å². The van der Waals surface area contributed by atoms with Gasteiger partial charge in [0.25, 0.3) is 0 Å². The summed E-state index contributed by atoms with van der Waals surface area (Å²) in [7, 11) is -3.57. The molecule has 1 aliphatic rings. The van der Waals surface area contributed by atoms with Crippen molar-refractivity contribution < 1.29 is 18.3 Å². The predicted molar refractivity (Wildman–Crippen MR) is 108 cm³/mol. The topological polar surface area (TPSA) is 74.7 Å². The van der Waals surface area contributed by atoms with Crippen molar-refractivity contribution in [3.63, 3.8) is 0 Å². The van der Waals surface area contributed by atoms with Crippen LogP contribution in [0.5, 0.6) is 0 Å². The Morgan fingerprint density at radius 3 is 2.48 bits per heavy atom. The lowest BCUT2D eigenvalue weighted by Gasteiger charge is -2.23. The molecular weight excluding hydrogens is 406 g/mol. The van der Waals surface area contributed by atoms with Crippen molar-refractivity contribution in [1.82, 2.24) is 4.31 Å². The van der Waals surface area contributed by atoms with Crippen molar-refractivity contribution in [2.45, 2.75) is 16.7 Å². The van der Waals surface area contributed by atoms with Gasteiger partial charge in [0.2, 0.25) is 10.0 Å². The van der Waals surface area contributed by atoms with Crippen molar-refractivity contribution in [2.75, 3.05) is 12.3 Å². The highest BCUT2D eigenvalue weighted by atomic mass is 35.5. The Bertz CT molecular complexity index is 941. The van der Waals surface area contributed by atoms with Crippen molar-refractivity contribution in [3.8, 4) is 0 Å². The van der Waals surface area contributed by atoms with Crippen LogP contribution in [-0.2, 0) is 21.2 Å². The second kappa shape index (κ2) is 8.48. The molecule has 0 radical (unpaired) electrons. The molecular formula is C19H18ClNO4S2. The molecule has 0 amide bonds. The maximum absolute atomic E-state index is 13.0. The van der Waals surface area contributed by atoms with Gasteiger partial charge in [-0.1, -0.05) is 35.9 Å². The van der Waals surface area contributed by atoms with Gasteiger partial charge in [0.1, 0.15) is 0 Å². The van der Waals surface area contributed by atoms with E-state index >= 15 is 0 Å². The molecule has 27 heavy (non-hydrogen) atoms. The van der Waals surface area contributed by atoms with E-state index in [2.05, 4.69) is 0 Å². The maximum atomic E-state index is 13.0. The highest BCUT2D eigenvalue weighted by Gasteiger charge is 2.35. The molecule has 1 heterocycles. The van der Waals surface area contributed by atoms with E-state index in [1.54, 1.807) is 28.2 Å². The normalized spacial score (nSPS) is 18.2. The largest absolute Gasteiger partial charge is 0.478 e. The fraction of sp³-hybridized carbons (Fsp3) is 0.211. The minimum absolute atomic E-state index is 0.175. The first kappa shape index (κ1) is 19.9. The molecule has 8 heteroatoms. The molecule has 142 valence electrons. The second-order valence-corrected chi connectivity index (χ2v) is 9.63. The fourth-order valence-corrected chi connectivity index (χ4v) is 6.20. The number of benzene rings is 2. The summed E-state index contributed by atoms with van der Waals surface area (Å²) in [5, 5.41) is 9.00. The molecule has 0 spiro atoms. The molecule has 0 aliphatic carbocycles. The highest BCUT2D eigenvalue weighted by molar-refractivity contribution is 8.01. The lowest BCUT2D eigenvalue weighted by molar-refractivity contribution is -0.131. The number of sulfonamides is 1. The lowest BCUT2D eigenvalue weighted by atomic mass is 10.1. The maximum Gasteiger partial charge on any atom is 0.328 e. The van der Waals surface area contributed by atoms with E-state index in [1.165, 1.54) is 18.2 Å². The Labute approximate surface area is 167 Å². The average Bonchev–Trinajstić information content (AvgIpc) is 3.10. The molecule has 1 unspecified atom stereocenters. The van der Waals surface area contributed by atoms with Gasteiger partial charge in [0.05, 0.1) is 10.3 Å². The quantitative estimate of drug-likeness (QED) is 0.716. The van der Waals surface area contributed by atoms with Crippen molar-refractivity contribution in [3.05, 3.63) is 70.8 Å². The van der Waals surface area contributed by atoms with Gasteiger partial charge in [0, 0.05) is 23.4 Å². The van der Waals surface area contributed by atoms with Crippen LogP contribution in [0.3, 0.4) is 0 Å². The van der Waals surface area contributed by atoms with Crippen LogP contribution in [-0.4, -0.2) is 41.5 Å². The highest BCUT2D eigenvalue weighted by Crippen LogP contribution is 2.32. The van der Waals surface area contributed by atoms with E-state index in [-0.39, 0.29) is 10.3 Å². The summed E-state index contributed by atoms with van der Waals surface area (Å²) < 4.78 is 27.4. The zero-order valence-corrected chi connectivity index (χ0v) is 16.7. The summed E-state index contributed by atoms with van der Waals surface area (Å²) in [6, 6.07) is 13.7. The van der Waals surface area contributed by atoms with E-state index in [0.29, 0.717) is 18.0 Å². The van der Waals surface area contributed by atoms with Crippen LogP contribution < -0.4 is 0 Å². The Morgan fingerprint density at radius 2 is 1.85 bits per heavy atom. The van der Waals surface area contributed by atoms with Crippen molar-refractivity contribution >= 4 is 45.4 Å². The van der Waals surface area contributed by atoms with Crippen LogP contribution in [0.4, 0.5) is 0 Å². The smallest absolute Gasteiger partial charge is 0.328 e.